The lowest BCUT2D eigenvalue weighted by Gasteiger charge is -2.17. The number of carboxylic acids is 1. The first kappa shape index (κ1) is 21.2. The van der Waals surface area contributed by atoms with Gasteiger partial charge in [-0.25, -0.2) is 0 Å². The molecule has 0 rings (SSSR count). The number of nitrogens with two attached hydrogens (primary N) is 1. The summed E-state index contributed by atoms with van der Waals surface area (Å²) in [6.45, 7) is 2.82. The van der Waals surface area contributed by atoms with E-state index in [1.807, 2.05) is 0 Å². The highest BCUT2D eigenvalue weighted by atomic mass is 32.1. The Morgan fingerprint density at radius 3 is 2.35 bits per heavy atom. The van der Waals surface area contributed by atoms with Crippen molar-refractivity contribution in [3.63, 3.8) is 0 Å². The van der Waals surface area contributed by atoms with E-state index in [2.05, 4.69) is 23.3 Å². The SMILES string of the molecule is CC(C)OC(=O)[C@@H](N)CCC(=O)N[C@@H](CS)C(=O)NCC(=O)O. The quantitative estimate of drug-likeness (QED) is 0.242. The maximum absolute atomic E-state index is 11.8. The molecule has 0 fully saturated rings. The van der Waals surface area contributed by atoms with Gasteiger partial charge in [0.15, 0.2) is 0 Å². The van der Waals surface area contributed by atoms with E-state index in [0.717, 1.165) is 0 Å². The Hall–Kier alpha value is -1.81. The monoisotopic (exact) mass is 349 g/mol. The van der Waals surface area contributed by atoms with Crippen LogP contribution in [0.15, 0.2) is 0 Å². The Labute approximate surface area is 139 Å². The van der Waals surface area contributed by atoms with E-state index < -0.39 is 42.4 Å². The number of hydrogen-bond donors (Lipinski definition) is 5. The third kappa shape index (κ3) is 9.74. The van der Waals surface area contributed by atoms with Crippen molar-refractivity contribution < 1.29 is 29.0 Å². The predicted octanol–water partition coefficient (Wildman–Crippen LogP) is -1.34. The molecular weight excluding hydrogens is 326 g/mol. The van der Waals surface area contributed by atoms with Gasteiger partial charge in [-0.15, -0.1) is 0 Å². The summed E-state index contributed by atoms with van der Waals surface area (Å²) in [5.41, 5.74) is 5.60. The first-order chi connectivity index (χ1) is 10.7. The van der Waals surface area contributed by atoms with Gasteiger partial charge in [0, 0.05) is 12.2 Å². The molecule has 0 aliphatic rings. The van der Waals surface area contributed by atoms with E-state index >= 15 is 0 Å². The summed E-state index contributed by atoms with van der Waals surface area (Å²) in [5.74, 6) is -2.95. The summed E-state index contributed by atoms with van der Waals surface area (Å²) in [6, 6.07) is -1.90. The van der Waals surface area contributed by atoms with Crippen LogP contribution in [0.4, 0.5) is 0 Å². The minimum Gasteiger partial charge on any atom is -0.480 e. The second-order valence-electron chi connectivity index (χ2n) is 5.05. The van der Waals surface area contributed by atoms with Gasteiger partial charge in [0.05, 0.1) is 6.10 Å². The number of carbonyl (C=O) groups is 4. The van der Waals surface area contributed by atoms with Crippen molar-refractivity contribution in [2.45, 2.75) is 44.9 Å². The Morgan fingerprint density at radius 2 is 1.87 bits per heavy atom. The second kappa shape index (κ2) is 10.8. The molecule has 0 heterocycles. The van der Waals surface area contributed by atoms with E-state index in [4.69, 9.17) is 15.6 Å². The first-order valence-electron chi connectivity index (χ1n) is 7.03. The third-order valence-corrected chi connectivity index (χ3v) is 2.95. The zero-order chi connectivity index (χ0) is 18.0. The molecule has 132 valence electrons. The van der Waals surface area contributed by atoms with Crippen molar-refractivity contribution in [3.8, 4) is 0 Å². The van der Waals surface area contributed by atoms with Crippen molar-refractivity contribution in [2.75, 3.05) is 12.3 Å². The fourth-order valence-corrected chi connectivity index (χ4v) is 1.73. The molecule has 0 aromatic heterocycles. The minimum atomic E-state index is -1.20. The lowest BCUT2D eigenvalue weighted by molar-refractivity contribution is -0.149. The van der Waals surface area contributed by atoms with Gasteiger partial charge in [0.2, 0.25) is 11.8 Å². The number of ether oxygens (including phenoxy) is 1. The smallest absolute Gasteiger partial charge is 0.323 e. The fraction of sp³-hybridized carbons (Fsp3) is 0.692. The molecule has 2 amide bonds. The van der Waals surface area contributed by atoms with Gasteiger partial charge in [-0.3, -0.25) is 19.2 Å². The molecule has 0 saturated heterocycles. The summed E-state index contributed by atoms with van der Waals surface area (Å²) in [4.78, 5) is 45.3. The minimum absolute atomic E-state index is 0.00135. The topological polar surface area (TPSA) is 148 Å². The lowest BCUT2D eigenvalue weighted by atomic mass is 10.1. The zero-order valence-electron chi connectivity index (χ0n) is 13.1. The number of hydrogen-bond acceptors (Lipinski definition) is 7. The Kier molecular flexibility index (Phi) is 9.99. The number of carbonyl (C=O) groups excluding carboxylic acids is 3. The predicted molar refractivity (Wildman–Crippen MR) is 84.9 cm³/mol. The first-order valence-corrected chi connectivity index (χ1v) is 7.66. The zero-order valence-corrected chi connectivity index (χ0v) is 14.0. The van der Waals surface area contributed by atoms with Crippen molar-refractivity contribution >= 4 is 36.4 Å². The van der Waals surface area contributed by atoms with Crippen molar-refractivity contribution in [2.24, 2.45) is 5.73 Å². The molecule has 5 N–H and O–H groups in total. The number of nitrogens with one attached hydrogen (secondary N) is 2. The number of rotatable bonds is 10. The molecular formula is C13H23N3O6S. The molecule has 0 spiro atoms. The number of aliphatic carboxylic acids is 1. The van der Waals surface area contributed by atoms with Gasteiger partial charge in [0.25, 0.3) is 0 Å². The summed E-state index contributed by atoms with van der Waals surface area (Å²) >= 11 is 3.93. The Bertz CT molecular complexity index is 443. The average Bonchev–Trinajstić information content (AvgIpc) is 2.46. The van der Waals surface area contributed by atoms with Crippen LogP contribution in [0.2, 0.25) is 0 Å². The van der Waals surface area contributed by atoms with E-state index in [1.54, 1.807) is 13.8 Å². The number of esters is 1. The molecule has 0 radical (unpaired) electrons. The molecule has 0 aromatic rings. The molecule has 10 heteroatoms. The van der Waals surface area contributed by atoms with Crippen molar-refractivity contribution in [3.05, 3.63) is 0 Å². The molecule has 0 aliphatic heterocycles. The summed E-state index contributed by atoms with van der Waals surface area (Å²) in [6.07, 6.45) is -0.313. The van der Waals surface area contributed by atoms with Crippen LogP contribution >= 0.6 is 12.6 Å². The molecule has 0 bridgehead atoms. The maximum Gasteiger partial charge on any atom is 0.323 e. The van der Waals surface area contributed by atoms with Crippen molar-refractivity contribution in [1.29, 1.82) is 0 Å². The molecule has 0 saturated carbocycles. The largest absolute Gasteiger partial charge is 0.480 e. The summed E-state index contributed by atoms with van der Waals surface area (Å²) < 4.78 is 4.91. The van der Waals surface area contributed by atoms with E-state index in [9.17, 15) is 19.2 Å². The lowest BCUT2D eigenvalue weighted by Crippen LogP contribution is -2.49. The third-order valence-electron chi connectivity index (χ3n) is 2.59. The van der Waals surface area contributed by atoms with Gasteiger partial charge in [-0.05, 0) is 20.3 Å². The Balaban J connectivity index is 4.27. The Morgan fingerprint density at radius 1 is 1.26 bits per heavy atom. The van der Waals surface area contributed by atoms with Crippen LogP contribution in [-0.4, -0.2) is 59.3 Å². The highest BCUT2D eigenvalue weighted by Crippen LogP contribution is 2.01. The molecule has 23 heavy (non-hydrogen) atoms. The van der Waals surface area contributed by atoms with Crippen LogP contribution in [0.1, 0.15) is 26.7 Å². The standard InChI is InChI=1S/C13H23N3O6S/c1-7(2)22-13(21)8(14)3-4-10(17)16-9(6-23)12(20)15-5-11(18)19/h7-9,23H,3-6,14H2,1-2H3,(H,15,20)(H,16,17)(H,18,19)/t8-,9-/m0/s1. The summed E-state index contributed by atoms with van der Waals surface area (Å²) in [5, 5.41) is 13.0. The van der Waals surface area contributed by atoms with Crippen LogP contribution in [-0.2, 0) is 23.9 Å². The number of carboxylic acid groups (broad SMARTS) is 1. The highest BCUT2D eigenvalue weighted by Gasteiger charge is 2.22. The van der Waals surface area contributed by atoms with E-state index in [1.165, 1.54) is 0 Å². The highest BCUT2D eigenvalue weighted by molar-refractivity contribution is 7.80. The van der Waals surface area contributed by atoms with Crippen LogP contribution in [0.25, 0.3) is 0 Å². The normalized spacial score (nSPS) is 13.1. The molecule has 2 atom stereocenters. The maximum atomic E-state index is 11.8. The molecule has 9 nitrogen and oxygen atoms in total. The van der Waals surface area contributed by atoms with Gasteiger partial charge in [-0.2, -0.15) is 12.6 Å². The second-order valence-corrected chi connectivity index (χ2v) is 5.41. The van der Waals surface area contributed by atoms with Gasteiger partial charge in [0.1, 0.15) is 18.6 Å². The van der Waals surface area contributed by atoms with E-state index in [0.29, 0.717) is 0 Å². The van der Waals surface area contributed by atoms with Crippen LogP contribution < -0.4 is 16.4 Å². The van der Waals surface area contributed by atoms with Crippen molar-refractivity contribution in [1.82, 2.24) is 10.6 Å². The number of thiol groups is 1. The van der Waals surface area contributed by atoms with Crippen LogP contribution in [0, 0.1) is 0 Å². The van der Waals surface area contributed by atoms with E-state index in [-0.39, 0.29) is 24.7 Å². The van der Waals surface area contributed by atoms with Gasteiger partial charge in [-0.1, -0.05) is 0 Å². The molecule has 0 unspecified atom stereocenters. The van der Waals surface area contributed by atoms with Crippen LogP contribution in [0.3, 0.4) is 0 Å². The molecule has 0 aliphatic carbocycles. The average molecular weight is 349 g/mol. The van der Waals surface area contributed by atoms with Gasteiger partial charge >= 0.3 is 11.9 Å². The fourth-order valence-electron chi connectivity index (χ4n) is 1.47. The summed E-state index contributed by atoms with van der Waals surface area (Å²) in [7, 11) is 0. The van der Waals surface area contributed by atoms with Crippen LogP contribution in [0.5, 0.6) is 0 Å². The van der Waals surface area contributed by atoms with Gasteiger partial charge < -0.3 is 26.2 Å². The molecule has 0 aromatic carbocycles. The number of amides is 2.